The number of likely N-dealkylation sites (N-methyl/N-ethyl adjacent to an activating group) is 6. The lowest BCUT2D eigenvalue weighted by Gasteiger charge is -2.39. The molecule has 5 N–H and O–H groups in total. The van der Waals surface area contributed by atoms with Crippen LogP contribution in [0.5, 0.6) is 0 Å². The van der Waals surface area contributed by atoms with Crippen molar-refractivity contribution in [2.45, 2.75) is 304 Å². The number of carbonyl (C=O) groups is 13. The summed E-state index contributed by atoms with van der Waals surface area (Å²) in [6.45, 7) is 22.3. The summed E-state index contributed by atoms with van der Waals surface area (Å²) >= 11 is 0. The standard InChI is InChI=1S/C78H137N13O15S/c1-20-22-38-91-48-67(94)89(18)68(53(11)12)72(98)82-59(75(101)90-39-30-25-31-40-90)47-66(93)84(13)60(21-2)69(95)80-57(41-49(3)4)74(100)87(16)63(44-52(9)10)77(103)86(15)62(45-54-32-26-23-27-33-54)71(97)79-56(36-37-65(92)83-107(19,105)106)73(99)88(17)64(46-55-34-28-24-29-35-55)78(104)85(14)61(43-51(7)8)70(96)81-58(76(91)102)42-50(5)6/h49-64,68H,20-48H2,1-19H3,(H,79,97)(H,80,95)(H,81,96)(H,82,98)(H,83,92)/t56?,57-,58-,59-,60-,61-,62-,63-,64-,68-/m0/s1. The van der Waals surface area contributed by atoms with Crippen LogP contribution >= 0.6 is 0 Å². The fourth-order valence-corrected chi connectivity index (χ4v) is 16.3. The van der Waals surface area contributed by atoms with Gasteiger partial charge in [0.05, 0.1) is 19.2 Å². The van der Waals surface area contributed by atoms with Gasteiger partial charge < -0.3 is 60.5 Å². The average molecular weight is 1530 g/mol. The van der Waals surface area contributed by atoms with Crippen molar-refractivity contribution in [3.8, 4) is 0 Å². The van der Waals surface area contributed by atoms with E-state index in [0.717, 1.165) is 76.9 Å². The Bertz CT molecular complexity index is 3110. The van der Waals surface area contributed by atoms with Crippen molar-refractivity contribution in [3.63, 3.8) is 0 Å². The van der Waals surface area contributed by atoms with E-state index in [4.69, 9.17) is 0 Å². The molecule has 2 aliphatic carbocycles. The van der Waals surface area contributed by atoms with Gasteiger partial charge in [-0.3, -0.25) is 67.1 Å². The lowest BCUT2D eigenvalue weighted by molar-refractivity contribution is -0.152. The van der Waals surface area contributed by atoms with E-state index in [1.54, 1.807) is 25.7 Å². The second kappa shape index (κ2) is 44.0. The van der Waals surface area contributed by atoms with Gasteiger partial charge in [0.2, 0.25) is 86.8 Å². The fourth-order valence-electron chi connectivity index (χ4n) is 15.8. The number of rotatable bonds is 22. The van der Waals surface area contributed by atoms with Crippen LogP contribution in [0.3, 0.4) is 0 Å². The predicted octanol–water partition coefficient (Wildman–Crippen LogP) is 5.98. The molecule has 28 nitrogen and oxygen atoms in total. The summed E-state index contributed by atoms with van der Waals surface area (Å²) in [5.74, 6) is -10.6. The number of likely N-dealkylation sites (tertiary alicyclic amines) is 1. The summed E-state index contributed by atoms with van der Waals surface area (Å²) in [5, 5.41) is 11.7. The van der Waals surface area contributed by atoms with Crippen LogP contribution in [0.15, 0.2) is 0 Å². The number of hydrogen-bond donors (Lipinski definition) is 5. The molecular weight excluding hydrogens is 1390 g/mol. The Morgan fingerprint density at radius 2 is 0.897 bits per heavy atom. The van der Waals surface area contributed by atoms with Gasteiger partial charge in [-0.15, -0.1) is 0 Å². The minimum Gasteiger partial charge on any atom is -0.342 e. The van der Waals surface area contributed by atoms with E-state index in [2.05, 4.69) is 21.3 Å². The zero-order valence-corrected chi connectivity index (χ0v) is 69.2. The third kappa shape index (κ3) is 28.5. The SMILES string of the molecule is CCCCN1CC(=O)N(C)[C@@H](C(C)C)C(=O)N[C@H](C(=O)N2CCCCC2)CC(=O)N(C)[C@@H](CC)C(=O)N[C@@H](CC(C)C)C(=O)N(C)[C@@H](CC(C)C)C(=O)N(C)[C@@H](CC2CCCCC2)C(=O)NC(CCC(=O)NS(C)(=O)=O)C(=O)N(C)[C@@H](CC2CCCCC2)C(=O)N(C)[C@@H](CC(C)C)C(=O)N[C@@H](CC(C)C)C1=O. The highest BCUT2D eigenvalue weighted by Gasteiger charge is 2.45. The molecule has 0 aromatic rings. The molecule has 4 fully saturated rings. The molecule has 4 rings (SSSR count). The predicted molar refractivity (Wildman–Crippen MR) is 411 cm³/mol. The van der Waals surface area contributed by atoms with E-state index in [1.807, 2.05) is 67.0 Å². The van der Waals surface area contributed by atoms with E-state index in [9.17, 15) is 37.2 Å². The average Bonchev–Trinajstić information content (AvgIpc) is 0.816. The Labute approximate surface area is 640 Å². The van der Waals surface area contributed by atoms with Crippen LogP contribution in [-0.4, -0.2) is 260 Å². The summed E-state index contributed by atoms with van der Waals surface area (Å²) in [4.78, 5) is 207. The van der Waals surface area contributed by atoms with E-state index in [0.29, 0.717) is 38.8 Å². The highest BCUT2D eigenvalue weighted by atomic mass is 32.2. The molecule has 0 spiro atoms. The van der Waals surface area contributed by atoms with E-state index in [-0.39, 0.29) is 87.0 Å². The van der Waals surface area contributed by atoms with Gasteiger partial charge in [-0.1, -0.05) is 154 Å². The first-order chi connectivity index (χ1) is 50.1. The van der Waals surface area contributed by atoms with Crippen molar-refractivity contribution < 1.29 is 70.7 Å². The number of piperidine rings is 1. The van der Waals surface area contributed by atoms with Crippen LogP contribution in [-0.2, 0) is 72.4 Å². The number of carbonyl (C=O) groups excluding carboxylic acids is 13. The summed E-state index contributed by atoms with van der Waals surface area (Å²) in [6.07, 6.45) is 11.4. The zero-order chi connectivity index (χ0) is 80.5. The molecule has 4 aliphatic rings. The van der Waals surface area contributed by atoms with Gasteiger partial charge in [0.1, 0.15) is 60.4 Å². The maximum Gasteiger partial charge on any atom is 0.245 e. The quantitative estimate of drug-likeness (QED) is 0.0832. The lowest BCUT2D eigenvalue weighted by atomic mass is 9.83. The zero-order valence-electron chi connectivity index (χ0n) is 68.4. The van der Waals surface area contributed by atoms with Crippen LogP contribution in [0.25, 0.3) is 0 Å². The van der Waals surface area contributed by atoms with Crippen molar-refractivity contribution >= 4 is 86.8 Å². The smallest absolute Gasteiger partial charge is 0.245 e. The number of amides is 13. The molecular formula is C78H137N13O15S. The molecule has 0 aromatic carbocycles. The van der Waals surface area contributed by atoms with Gasteiger partial charge >= 0.3 is 0 Å². The topological polar surface area (TPSA) is 342 Å². The fraction of sp³-hybridized carbons (Fsp3) is 0.833. The molecule has 610 valence electrons. The number of sulfonamides is 1. The maximum absolute atomic E-state index is 15.8. The van der Waals surface area contributed by atoms with Gasteiger partial charge in [0, 0.05) is 68.3 Å². The molecule has 0 bridgehead atoms. The number of nitrogens with one attached hydrogen (secondary N) is 5. The monoisotopic (exact) mass is 1530 g/mol. The number of unbranched alkanes of at least 4 members (excludes halogenated alkanes) is 1. The molecule has 1 unspecified atom stereocenters. The van der Waals surface area contributed by atoms with Gasteiger partial charge in [-0.25, -0.2) is 8.42 Å². The molecule has 0 radical (unpaired) electrons. The van der Waals surface area contributed by atoms with Crippen molar-refractivity contribution in [3.05, 3.63) is 0 Å². The van der Waals surface area contributed by atoms with Gasteiger partial charge in [0.15, 0.2) is 0 Å². The van der Waals surface area contributed by atoms with E-state index < -0.39 is 179 Å². The molecule has 2 saturated carbocycles. The lowest BCUT2D eigenvalue weighted by Crippen LogP contribution is -2.61. The molecule has 2 aliphatic heterocycles. The summed E-state index contributed by atoms with van der Waals surface area (Å²) in [6, 6.07) is -13.1. The second-order valence-corrected chi connectivity index (χ2v) is 35.0. The molecule has 0 aromatic heterocycles. The van der Waals surface area contributed by atoms with E-state index >= 15 is 33.6 Å². The number of hydrogen-bond acceptors (Lipinski definition) is 15. The third-order valence-corrected chi connectivity index (χ3v) is 22.5. The minimum absolute atomic E-state index is 0.0454. The van der Waals surface area contributed by atoms with Crippen molar-refractivity contribution in [2.24, 2.45) is 41.4 Å². The Balaban J connectivity index is 2.05. The number of nitrogens with zero attached hydrogens (tertiary/aromatic N) is 8. The summed E-state index contributed by atoms with van der Waals surface area (Å²) in [5.41, 5.74) is 0. The Morgan fingerprint density at radius 1 is 0.467 bits per heavy atom. The molecule has 2 saturated heterocycles. The van der Waals surface area contributed by atoms with Crippen LogP contribution in [0.4, 0.5) is 0 Å². The Kier molecular flexibility index (Phi) is 38.1. The normalized spacial score (nSPS) is 26.2. The largest absolute Gasteiger partial charge is 0.342 e. The first kappa shape index (κ1) is 92.4. The van der Waals surface area contributed by atoms with Crippen molar-refractivity contribution in [2.75, 3.05) is 74.7 Å². The van der Waals surface area contributed by atoms with Crippen LogP contribution < -0.4 is 26.0 Å². The molecule has 29 heteroatoms. The van der Waals surface area contributed by atoms with Gasteiger partial charge in [-0.2, -0.15) is 0 Å². The second-order valence-electron chi connectivity index (χ2n) is 33.3. The van der Waals surface area contributed by atoms with Crippen molar-refractivity contribution in [1.82, 2.24) is 65.2 Å². The molecule has 13 amide bonds. The molecule has 10 atom stereocenters. The van der Waals surface area contributed by atoms with Crippen molar-refractivity contribution in [1.29, 1.82) is 0 Å². The Hall–Kier alpha value is -6.94. The maximum atomic E-state index is 15.8. The molecule has 107 heavy (non-hydrogen) atoms. The summed E-state index contributed by atoms with van der Waals surface area (Å²) in [7, 11) is 4.55. The third-order valence-electron chi connectivity index (χ3n) is 21.9. The highest BCUT2D eigenvalue weighted by Crippen LogP contribution is 2.33. The summed E-state index contributed by atoms with van der Waals surface area (Å²) < 4.78 is 26.8. The minimum atomic E-state index is -4.10. The van der Waals surface area contributed by atoms with E-state index in [1.165, 1.54) is 76.6 Å². The van der Waals surface area contributed by atoms with Crippen LogP contribution in [0, 0.1) is 41.4 Å². The Morgan fingerprint density at radius 3 is 1.39 bits per heavy atom. The van der Waals surface area contributed by atoms with Gasteiger partial charge in [-0.05, 0) is 118 Å². The van der Waals surface area contributed by atoms with Crippen LogP contribution in [0.2, 0.25) is 0 Å². The first-order valence-electron chi connectivity index (χ1n) is 40.0. The first-order valence-corrected chi connectivity index (χ1v) is 41.9. The van der Waals surface area contributed by atoms with Gasteiger partial charge in [0.25, 0.3) is 0 Å². The molecule has 2 heterocycles. The highest BCUT2D eigenvalue weighted by molar-refractivity contribution is 7.89. The van der Waals surface area contributed by atoms with Crippen LogP contribution in [0.1, 0.15) is 244 Å².